The zero-order valence-corrected chi connectivity index (χ0v) is 20.7. The van der Waals surface area contributed by atoms with Gasteiger partial charge in [-0.3, -0.25) is 4.99 Å². The number of guanidine groups is 1. The number of rotatable bonds is 8. The third-order valence-electron chi connectivity index (χ3n) is 6.50. The minimum absolute atomic E-state index is 0. The molecule has 1 N–H and O–H groups in total. The number of aliphatic imine (C=N–C) groups is 1. The third-order valence-corrected chi connectivity index (χ3v) is 6.50. The Morgan fingerprint density at radius 3 is 2.52 bits per heavy atom. The van der Waals surface area contributed by atoms with Crippen molar-refractivity contribution in [1.29, 1.82) is 0 Å². The van der Waals surface area contributed by atoms with Gasteiger partial charge in [0, 0.05) is 38.7 Å². The van der Waals surface area contributed by atoms with E-state index in [-0.39, 0.29) is 24.0 Å². The molecule has 0 aromatic heterocycles. The molecule has 0 bridgehead atoms. The van der Waals surface area contributed by atoms with Crippen LogP contribution >= 0.6 is 24.0 Å². The molecule has 0 aliphatic heterocycles. The van der Waals surface area contributed by atoms with Gasteiger partial charge in [0.15, 0.2) is 17.5 Å². The van der Waals surface area contributed by atoms with Crippen LogP contribution in [0.3, 0.4) is 0 Å². The predicted molar refractivity (Wildman–Crippen MR) is 128 cm³/mol. The lowest BCUT2D eigenvalue weighted by Crippen LogP contribution is -2.68. The van der Waals surface area contributed by atoms with Gasteiger partial charge in [-0.25, -0.2) is 0 Å². The first kappa shape index (κ1) is 24.1. The van der Waals surface area contributed by atoms with E-state index in [4.69, 9.17) is 14.2 Å². The molecule has 0 saturated heterocycles. The second kappa shape index (κ2) is 10.7. The molecular formula is C22H36IN3O3. The fraction of sp³-hybridized carbons (Fsp3) is 0.682. The van der Waals surface area contributed by atoms with Gasteiger partial charge in [-0.2, -0.15) is 0 Å². The molecule has 2 atom stereocenters. The molecule has 1 spiro atoms. The lowest BCUT2D eigenvalue weighted by atomic mass is 9.51. The van der Waals surface area contributed by atoms with E-state index in [0.717, 1.165) is 43.5 Å². The summed E-state index contributed by atoms with van der Waals surface area (Å²) in [5.41, 5.74) is 1.55. The van der Waals surface area contributed by atoms with E-state index < -0.39 is 0 Å². The molecule has 1 aromatic rings. The van der Waals surface area contributed by atoms with Gasteiger partial charge in [0.2, 0.25) is 0 Å². The van der Waals surface area contributed by atoms with E-state index in [2.05, 4.69) is 35.2 Å². The number of hydrogen-bond acceptors (Lipinski definition) is 4. The van der Waals surface area contributed by atoms with Crippen LogP contribution in [0.1, 0.15) is 38.2 Å². The van der Waals surface area contributed by atoms with Crippen LogP contribution < -0.4 is 14.8 Å². The van der Waals surface area contributed by atoms with E-state index in [1.165, 1.54) is 24.8 Å². The molecule has 1 aromatic carbocycles. The third kappa shape index (κ3) is 4.93. The molecule has 7 heteroatoms. The van der Waals surface area contributed by atoms with Crippen molar-refractivity contribution in [1.82, 2.24) is 10.2 Å². The van der Waals surface area contributed by atoms with E-state index in [1.54, 1.807) is 14.2 Å². The van der Waals surface area contributed by atoms with Crippen LogP contribution in [0.15, 0.2) is 23.2 Å². The fourth-order valence-electron chi connectivity index (χ4n) is 4.58. The lowest BCUT2D eigenvalue weighted by molar-refractivity contribution is -0.168. The molecule has 2 aliphatic carbocycles. The molecule has 0 heterocycles. The van der Waals surface area contributed by atoms with Crippen molar-refractivity contribution in [3.05, 3.63) is 23.8 Å². The largest absolute Gasteiger partial charge is 0.493 e. The van der Waals surface area contributed by atoms with Crippen LogP contribution in [-0.2, 0) is 11.2 Å². The highest BCUT2D eigenvalue weighted by Gasteiger charge is 2.59. The van der Waals surface area contributed by atoms with Crippen LogP contribution in [0, 0.1) is 5.41 Å². The summed E-state index contributed by atoms with van der Waals surface area (Å²) < 4.78 is 16.7. The number of hydrogen-bond donors (Lipinski definition) is 1. The molecule has 0 amide bonds. The Morgan fingerprint density at radius 1 is 1.24 bits per heavy atom. The van der Waals surface area contributed by atoms with Crippen LogP contribution in [-0.4, -0.2) is 64.5 Å². The molecular weight excluding hydrogens is 481 g/mol. The normalized spacial score (nSPS) is 22.2. The van der Waals surface area contributed by atoms with Crippen LogP contribution in [0.25, 0.3) is 0 Å². The minimum atomic E-state index is 0. The van der Waals surface area contributed by atoms with Crippen molar-refractivity contribution in [3.63, 3.8) is 0 Å². The summed E-state index contributed by atoms with van der Waals surface area (Å²) in [5, 5.41) is 3.71. The molecule has 164 valence electrons. The summed E-state index contributed by atoms with van der Waals surface area (Å²) >= 11 is 0. The quantitative estimate of drug-likeness (QED) is 0.324. The SMILES string of the molecule is CCOC1CC(NC(=NC)N(C)CCc2ccc(OC)c(OC)c2)C12CCC2.I. The Labute approximate surface area is 192 Å². The Kier molecular flexibility index (Phi) is 8.88. The number of benzene rings is 1. The maximum atomic E-state index is 5.97. The topological polar surface area (TPSA) is 55.3 Å². The maximum absolute atomic E-state index is 5.97. The second-order valence-electron chi connectivity index (χ2n) is 7.87. The zero-order chi connectivity index (χ0) is 20.1. The van der Waals surface area contributed by atoms with Gasteiger partial charge in [0.05, 0.1) is 20.3 Å². The van der Waals surface area contributed by atoms with Gasteiger partial charge >= 0.3 is 0 Å². The van der Waals surface area contributed by atoms with E-state index in [9.17, 15) is 0 Å². The van der Waals surface area contributed by atoms with Crippen LogP contribution in [0.5, 0.6) is 11.5 Å². The predicted octanol–water partition coefficient (Wildman–Crippen LogP) is 3.72. The van der Waals surface area contributed by atoms with Crippen LogP contribution in [0.2, 0.25) is 0 Å². The second-order valence-corrected chi connectivity index (χ2v) is 7.87. The molecule has 29 heavy (non-hydrogen) atoms. The standard InChI is InChI=1S/C22H35N3O3.HI/c1-6-28-20-15-19(22(20)11-7-12-22)24-21(23-2)25(3)13-10-16-8-9-17(26-4)18(14-16)27-5;/h8-9,14,19-20H,6-7,10-13,15H2,1-5H3,(H,23,24);1H. The smallest absolute Gasteiger partial charge is 0.193 e. The molecule has 3 rings (SSSR count). The van der Waals surface area contributed by atoms with Crippen molar-refractivity contribution in [2.45, 2.75) is 51.2 Å². The Morgan fingerprint density at radius 2 is 1.97 bits per heavy atom. The van der Waals surface area contributed by atoms with Gasteiger partial charge in [-0.05, 0) is 50.3 Å². The molecule has 2 saturated carbocycles. The van der Waals surface area contributed by atoms with Crippen molar-refractivity contribution in [3.8, 4) is 11.5 Å². The van der Waals surface area contributed by atoms with Crippen molar-refractivity contribution < 1.29 is 14.2 Å². The highest BCUT2D eigenvalue weighted by atomic mass is 127. The van der Waals surface area contributed by atoms with Crippen molar-refractivity contribution in [2.24, 2.45) is 10.4 Å². The Balaban J connectivity index is 0.00000300. The number of ether oxygens (including phenoxy) is 3. The maximum Gasteiger partial charge on any atom is 0.193 e. The van der Waals surface area contributed by atoms with Gasteiger partial charge < -0.3 is 24.4 Å². The van der Waals surface area contributed by atoms with Crippen molar-refractivity contribution >= 4 is 29.9 Å². The number of methoxy groups -OCH3 is 2. The summed E-state index contributed by atoms with van der Waals surface area (Å²) in [6.07, 6.45) is 6.25. The average Bonchev–Trinajstić information content (AvgIpc) is 2.66. The molecule has 6 nitrogen and oxygen atoms in total. The number of nitrogens with zero attached hydrogens (tertiary/aromatic N) is 2. The Hall–Kier alpha value is -1.22. The first-order valence-corrected chi connectivity index (χ1v) is 10.3. The monoisotopic (exact) mass is 517 g/mol. The summed E-state index contributed by atoms with van der Waals surface area (Å²) in [6, 6.07) is 6.57. The Bertz CT molecular complexity index is 694. The highest BCUT2D eigenvalue weighted by Crippen LogP contribution is 2.57. The summed E-state index contributed by atoms with van der Waals surface area (Å²) in [6.45, 7) is 3.77. The summed E-state index contributed by atoms with van der Waals surface area (Å²) in [5.74, 6) is 2.50. The van der Waals surface area contributed by atoms with Crippen LogP contribution in [0.4, 0.5) is 0 Å². The van der Waals surface area contributed by atoms with E-state index in [0.29, 0.717) is 17.6 Å². The molecule has 0 radical (unpaired) electrons. The summed E-state index contributed by atoms with van der Waals surface area (Å²) in [4.78, 5) is 6.73. The number of halogens is 1. The first-order chi connectivity index (χ1) is 13.6. The molecule has 2 unspecified atom stereocenters. The zero-order valence-electron chi connectivity index (χ0n) is 18.4. The lowest BCUT2D eigenvalue weighted by Gasteiger charge is -2.61. The minimum Gasteiger partial charge on any atom is -0.493 e. The van der Waals surface area contributed by atoms with Gasteiger partial charge in [0.1, 0.15) is 0 Å². The fourth-order valence-corrected chi connectivity index (χ4v) is 4.58. The molecule has 2 fully saturated rings. The summed E-state index contributed by atoms with van der Waals surface area (Å²) in [7, 11) is 7.29. The van der Waals surface area contributed by atoms with E-state index >= 15 is 0 Å². The highest BCUT2D eigenvalue weighted by molar-refractivity contribution is 14.0. The van der Waals surface area contributed by atoms with Crippen molar-refractivity contribution in [2.75, 3.05) is 41.5 Å². The number of nitrogens with one attached hydrogen (secondary N) is 1. The molecule has 2 aliphatic rings. The van der Waals surface area contributed by atoms with Gasteiger partial charge in [-0.15, -0.1) is 24.0 Å². The first-order valence-electron chi connectivity index (χ1n) is 10.3. The van der Waals surface area contributed by atoms with Gasteiger partial charge in [0.25, 0.3) is 0 Å². The number of likely N-dealkylation sites (N-methyl/N-ethyl adjacent to an activating group) is 1. The van der Waals surface area contributed by atoms with Gasteiger partial charge in [-0.1, -0.05) is 12.5 Å². The average molecular weight is 517 g/mol. The van der Waals surface area contributed by atoms with E-state index in [1.807, 2.05) is 19.2 Å².